The third kappa shape index (κ3) is 3.60. The number of sulfonamides is 1. The molecule has 0 atom stereocenters. The van der Waals surface area contributed by atoms with Gasteiger partial charge in [-0.05, 0) is 29.8 Å². The number of rotatable bonds is 6. The number of methoxy groups -OCH3 is 3. The van der Waals surface area contributed by atoms with Crippen LogP contribution in [0.5, 0.6) is 17.2 Å². The zero-order valence-electron chi connectivity index (χ0n) is 14.9. The average molecular weight is 390 g/mol. The molecule has 0 radical (unpaired) electrons. The fourth-order valence-electron chi connectivity index (χ4n) is 2.69. The smallest absolute Gasteiger partial charge is 0.238 e. The van der Waals surface area contributed by atoms with Crippen LogP contribution in [-0.2, 0) is 10.0 Å². The van der Waals surface area contributed by atoms with Crippen LogP contribution in [-0.4, -0.2) is 34.9 Å². The SMILES string of the molecule is COc1cc(-c2nocc2-c2ccc(S(N)(=O)=O)cc2)cc(OC)c1OC. The topological polar surface area (TPSA) is 114 Å². The van der Waals surface area contributed by atoms with Gasteiger partial charge in [0.1, 0.15) is 12.0 Å². The molecule has 0 bridgehead atoms. The van der Waals surface area contributed by atoms with Crippen LogP contribution in [0.25, 0.3) is 22.4 Å². The fraction of sp³-hybridized carbons (Fsp3) is 0.167. The molecular weight excluding hydrogens is 372 g/mol. The van der Waals surface area contributed by atoms with Crippen LogP contribution < -0.4 is 19.3 Å². The number of nitrogens with two attached hydrogens (primary N) is 1. The second-order valence-electron chi connectivity index (χ2n) is 5.56. The third-order valence-electron chi connectivity index (χ3n) is 4.00. The Hall–Kier alpha value is -3.04. The molecule has 0 amide bonds. The van der Waals surface area contributed by atoms with E-state index in [-0.39, 0.29) is 4.90 Å². The summed E-state index contributed by atoms with van der Waals surface area (Å²) in [5.74, 6) is 1.42. The molecule has 8 nitrogen and oxygen atoms in total. The molecule has 0 unspecified atom stereocenters. The van der Waals surface area contributed by atoms with Gasteiger partial charge in [-0.1, -0.05) is 17.3 Å². The number of nitrogens with zero attached hydrogens (tertiary/aromatic N) is 1. The van der Waals surface area contributed by atoms with Crippen molar-refractivity contribution in [1.29, 1.82) is 0 Å². The first-order chi connectivity index (χ1) is 12.9. The lowest BCUT2D eigenvalue weighted by molar-refractivity contribution is 0.324. The van der Waals surface area contributed by atoms with E-state index in [0.29, 0.717) is 39.6 Å². The maximum Gasteiger partial charge on any atom is 0.238 e. The lowest BCUT2D eigenvalue weighted by Gasteiger charge is -2.13. The first-order valence-electron chi connectivity index (χ1n) is 7.77. The van der Waals surface area contributed by atoms with E-state index in [4.69, 9.17) is 23.9 Å². The van der Waals surface area contributed by atoms with Gasteiger partial charge in [0.05, 0.1) is 26.2 Å². The summed E-state index contributed by atoms with van der Waals surface area (Å²) in [6.07, 6.45) is 1.48. The summed E-state index contributed by atoms with van der Waals surface area (Å²) in [6, 6.07) is 9.62. The van der Waals surface area contributed by atoms with Crippen molar-refractivity contribution in [2.24, 2.45) is 5.14 Å². The Morgan fingerprint density at radius 3 is 2.00 bits per heavy atom. The highest BCUT2D eigenvalue weighted by Gasteiger charge is 2.19. The fourth-order valence-corrected chi connectivity index (χ4v) is 3.21. The van der Waals surface area contributed by atoms with Gasteiger partial charge >= 0.3 is 0 Å². The second kappa shape index (κ2) is 7.29. The number of aromatic nitrogens is 1. The van der Waals surface area contributed by atoms with E-state index in [9.17, 15) is 8.42 Å². The predicted octanol–water partition coefficient (Wildman–Crippen LogP) is 2.68. The molecule has 0 saturated heterocycles. The Kier molecular flexibility index (Phi) is 5.06. The Bertz CT molecular complexity index is 1030. The molecule has 0 spiro atoms. The normalized spacial score (nSPS) is 11.3. The second-order valence-corrected chi connectivity index (χ2v) is 7.12. The minimum atomic E-state index is -3.76. The van der Waals surface area contributed by atoms with Gasteiger partial charge < -0.3 is 18.7 Å². The Morgan fingerprint density at radius 2 is 1.52 bits per heavy atom. The summed E-state index contributed by atoms with van der Waals surface area (Å²) < 4.78 is 44.1. The standard InChI is InChI=1S/C18H18N2O6S/c1-23-15-8-12(9-16(24-2)18(15)25-3)17-14(10-26-20-17)11-4-6-13(7-5-11)27(19,21)22/h4-10H,1-3H3,(H2,19,21,22). The number of ether oxygens (including phenoxy) is 3. The highest BCUT2D eigenvalue weighted by Crippen LogP contribution is 2.42. The summed E-state index contributed by atoms with van der Waals surface area (Å²) in [4.78, 5) is 0.0250. The van der Waals surface area contributed by atoms with E-state index in [0.717, 1.165) is 0 Å². The molecule has 9 heteroatoms. The summed E-state index contributed by atoms with van der Waals surface area (Å²) in [5.41, 5.74) is 2.61. The predicted molar refractivity (Wildman–Crippen MR) is 98.4 cm³/mol. The molecule has 0 aliphatic rings. The quantitative estimate of drug-likeness (QED) is 0.688. The van der Waals surface area contributed by atoms with Crippen molar-refractivity contribution in [3.63, 3.8) is 0 Å². The Labute approximate surface area is 156 Å². The number of benzene rings is 2. The molecule has 0 saturated carbocycles. The van der Waals surface area contributed by atoms with Gasteiger partial charge in [-0.2, -0.15) is 0 Å². The highest BCUT2D eigenvalue weighted by atomic mass is 32.2. The zero-order valence-corrected chi connectivity index (χ0v) is 15.7. The van der Waals surface area contributed by atoms with Gasteiger partial charge in [0.2, 0.25) is 15.8 Å². The molecule has 1 aromatic heterocycles. The van der Waals surface area contributed by atoms with Gasteiger partial charge in [-0.15, -0.1) is 0 Å². The molecule has 0 aliphatic heterocycles. The Morgan fingerprint density at radius 1 is 0.926 bits per heavy atom. The van der Waals surface area contributed by atoms with Crippen LogP contribution >= 0.6 is 0 Å². The molecule has 3 aromatic rings. The van der Waals surface area contributed by atoms with Crippen molar-refractivity contribution in [3.8, 4) is 39.6 Å². The molecular formula is C18H18N2O6S. The molecule has 27 heavy (non-hydrogen) atoms. The van der Waals surface area contributed by atoms with Crippen molar-refractivity contribution in [2.75, 3.05) is 21.3 Å². The molecule has 0 aliphatic carbocycles. The molecule has 3 rings (SSSR count). The van der Waals surface area contributed by atoms with Crippen LogP contribution in [0.4, 0.5) is 0 Å². The highest BCUT2D eigenvalue weighted by molar-refractivity contribution is 7.89. The van der Waals surface area contributed by atoms with E-state index in [2.05, 4.69) is 5.16 Å². The van der Waals surface area contributed by atoms with Crippen molar-refractivity contribution in [2.45, 2.75) is 4.90 Å². The van der Waals surface area contributed by atoms with Crippen LogP contribution in [0, 0.1) is 0 Å². The largest absolute Gasteiger partial charge is 0.493 e. The van der Waals surface area contributed by atoms with Gasteiger partial charge in [0.15, 0.2) is 11.5 Å². The van der Waals surface area contributed by atoms with Crippen molar-refractivity contribution < 1.29 is 27.2 Å². The van der Waals surface area contributed by atoms with Crippen molar-refractivity contribution in [1.82, 2.24) is 5.16 Å². The molecule has 2 N–H and O–H groups in total. The van der Waals surface area contributed by atoms with Crippen LogP contribution in [0.2, 0.25) is 0 Å². The average Bonchev–Trinajstić information content (AvgIpc) is 3.16. The van der Waals surface area contributed by atoms with Gasteiger partial charge in [-0.25, -0.2) is 13.6 Å². The monoisotopic (exact) mass is 390 g/mol. The summed E-state index contributed by atoms with van der Waals surface area (Å²) in [6.45, 7) is 0. The summed E-state index contributed by atoms with van der Waals surface area (Å²) in [7, 11) is 0.809. The lowest BCUT2D eigenvalue weighted by atomic mass is 10.0. The van der Waals surface area contributed by atoms with Gasteiger partial charge in [0.25, 0.3) is 0 Å². The Balaban J connectivity index is 2.10. The molecule has 1 heterocycles. The molecule has 2 aromatic carbocycles. The van der Waals surface area contributed by atoms with E-state index in [1.165, 1.54) is 39.7 Å². The summed E-state index contributed by atoms with van der Waals surface area (Å²) in [5, 5.41) is 9.21. The van der Waals surface area contributed by atoms with Gasteiger partial charge in [0, 0.05) is 11.1 Å². The van der Waals surface area contributed by atoms with Crippen molar-refractivity contribution in [3.05, 3.63) is 42.7 Å². The maximum absolute atomic E-state index is 11.4. The van der Waals surface area contributed by atoms with Crippen LogP contribution in [0.15, 0.2) is 52.1 Å². The number of hydrogen-bond acceptors (Lipinski definition) is 7. The zero-order chi connectivity index (χ0) is 19.6. The number of hydrogen-bond donors (Lipinski definition) is 1. The third-order valence-corrected chi connectivity index (χ3v) is 4.93. The number of primary sulfonamides is 1. The minimum Gasteiger partial charge on any atom is -0.493 e. The van der Waals surface area contributed by atoms with E-state index < -0.39 is 10.0 Å². The summed E-state index contributed by atoms with van der Waals surface area (Å²) >= 11 is 0. The van der Waals surface area contributed by atoms with E-state index in [1.54, 1.807) is 24.3 Å². The van der Waals surface area contributed by atoms with E-state index in [1.807, 2.05) is 0 Å². The van der Waals surface area contributed by atoms with Crippen molar-refractivity contribution >= 4 is 10.0 Å². The van der Waals surface area contributed by atoms with E-state index >= 15 is 0 Å². The van der Waals surface area contributed by atoms with Gasteiger partial charge in [-0.3, -0.25) is 0 Å². The molecule has 142 valence electrons. The first kappa shape index (κ1) is 18.7. The molecule has 0 fully saturated rings. The first-order valence-corrected chi connectivity index (χ1v) is 9.31. The van der Waals surface area contributed by atoms with Crippen LogP contribution in [0.1, 0.15) is 0 Å². The van der Waals surface area contributed by atoms with Crippen LogP contribution in [0.3, 0.4) is 0 Å². The minimum absolute atomic E-state index is 0.0250. The maximum atomic E-state index is 11.4. The lowest BCUT2D eigenvalue weighted by Crippen LogP contribution is -2.11.